The number of hydrogen-bond donors (Lipinski definition) is 1. The maximum Gasteiger partial charge on any atom is 0.301 e. The SMILES string of the molecule is Cn1c(S(C)(=O)=O)nc2c(=O)nc3cc(-c4cccc(Br)c4)[nH]n3c21. The zero-order valence-corrected chi connectivity index (χ0v) is 15.6. The highest BCUT2D eigenvalue weighted by Crippen LogP contribution is 2.24. The summed E-state index contributed by atoms with van der Waals surface area (Å²) in [7, 11) is -2.03. The van der Waals surface area contributed by atoms with Gasteiger partial charge in [-0.15, -0.1) is 0 Å². The summed E-state index contributed by atoms with van der Waals surface area (Å²) < 4.78 is 27.7. The van der Waals surface area contributed by atoms with Gasteiger partial charge in [0.2, 0.25) is 15.0 Å². The van der Waals surface area contributed by atoms with Gasteiger partial charge in [0.1, 0.15) is 0 Å². The minimum atomic E-state index is -3.58. The summed E-state index contributed by atoms with van der Waals surface area (Å²) in [5, 5.41) is 2.97. The lowest BCUT2D eigenvalue weighted by atomic mass is 10.2. The Hall–Kier alpha value is -2.46. The van der Waals surface area contributed by atoms with Crippen LogP contribution in [-0.4, -0.2) is 38.8 Å². The second-order valence-corrected chi connectivity index (χ2v) is 8.51. The van der Waals surface area contributed by atoms with E-state index in [1.54, 1.807) is 17.6 Å². The van der Waals surface area contributed by atoms with E-state index in [-0.39, 0.29) is 10.7 Å². The van der Waals surface area contributed by atoms with Crippen molar-refractivity contribution in [2.75, 3.05) is 6.26 Å². The van der Waals surface area contributed by atoms with E-state index in [4.69, 9.17) is 0 Å². The first kappa shape index (κ1) is 16.0. The lowest BCUT2D eigenvalue weighted by Gasteiger charge is -2.02. The Morgan fingerprint density at radius 1 is 1.20 bits per heavy atom. The fraction of sp³-hybridized carbons (Fsp3) is 0.133. The van der Waals surface area contributed by atoms with Gasteiger partial charge in [-0.2, -0.15) is 4.98 Å². The summed E-state index contributed by atoms with van der Waals surface area (Å²) in [5.41, 5.74) is 1.80. The Kier molecular flexibility index (Phi) is 3.38. The topological polar surface area (TPSA) is 102 Å². The number of rotatable bonds is 2. The number of nitrogens with one attached hydrogen (secondary N) is 1. The van der Waals surface area contributed by atoms with Crippen LogP contribution in [0.1, 0.15) is 0 Å². The highest BCUT2D eigenvalue weighted by atomic mass is 79.9. The lowest BCUT2D eigenvalue weighted by molar-refractivity contribution is 0.586. The van der Waals surface area contributed by atoms with Crippen LogP contribution < -0.4 is 5.56 Å². The smallest absolute Gasteiger partial charge is 0.301 e. The number of nitrogens with zero attached hydrogens (tertiary/aromatic N) is 4. The van der Waals surface area contributed by atoms with E-state index in [1.165, 1.54) is 4.57 Å². The number of hydrogen-bond acceptors (Lipinski definition) is 5. The monoisotopic (exact) mass is 421 g/mol. The van der Waals surface area contributed by atoms with Crippen molar-refractivity contribution in [3.63, 3.8) is 0 Å². The molecule has 0 aliphatic heterocycles. The predicted molar refractivity (Wildman–Crippen MR) is 96.3 cm³/mol. The Labute approximate surface area is 150 Å². The highest BCUT2D eigenvalue weighted by molar-refractivity contribution is 9.10. The van der Waals surface area contributed by atoms with Gasteiger partial charge in [-0.3, -0.25) is 9.89 Å². The van der Waals surface area contributed by atoms with Gasteiger partial charge in [-0.1, -0.05) is 28.1 Å². The predicted octanol–water partition coefficient (Wildman–Crippen LogP) is 1.74. The van der Waals surface area contributed by atoms with E-state index >= 15 is 0 Å². The van der Waals surface area contributed by atoms with E-state index in [1.807, 2.05) is 24.3 Å². The third-order valence-electron chi connectivity index (χ3n) is 3.86. The molecule has 0 fully saturated rings. The molecule has 0 unspecified atom stereocenters. The molecular weight excluding hydrogens is 410 g/mol. The van der Waals surface area contributed by atoms with Crippen molar-refractivity contribution in [1.29, 1.82) is 0 Å². The summed E-state index contributed by atoms with van der Waals surface area (Å²) in [4.78, 5) is 20.3. The quantitative estimate of drug-likeness (QED) is 0.530. The molecule has 0 amide bonds. The van der Waals surface area contributed by atoms with Crippen molar-refractivity contribution >= 4 is 42.6 Å². The van der Waals surface area contributed by atoms with Crippen LogP contribution in [-0.2, 0) is 16.9 Å². The van der Waals surface area contributed by atoms with Crippen molar-refractivity contribution < 1.29 is 8.42 Å². The van der Waals surface area contributed by atoms with E-state index in [0.29, 0.717) is 11.3 Å². The van der Waals surface area contributed by atoms with Gasteiger partial charge < -0.3 is 4.57 Å². The molecule has 0 atom stereocenters. The summed E-state index contributed by atoms with van der Waals surface area (Å²) in [5.74, 6) is 0. The van der Waals surface area contributed by atoms with Crippen LogP contribution in [0.5, 0.6) is 0 Å². The molecule has 3 heterocycles. The molecule has 0 spiro atoms. The van der Waals surface area contributed by atoms with Gasteiger partial charge in [0.25, 0.3) is 0 Å². The molecule has 8 nitrogen and oxygen atoms in total. The number of aryl methyl sites for hydroxylation is 1. The summed E-state index contributed by atoms with van der Waals surface area (Å²) in [6, 6.07) is 9.37. The second kappa shape index (κ2) is 5.27. The molecule has 3 aromatic heterocycles. The van der Waals surface area contributed by atoms with Gasteiger partial charge in [-0.25, -0.2) is 17.9 Å². The zero-order valence-electron chi connectivity index (χ0n) is 13.2. The number of benzene rings is 1. The molecular formula is C15H12BrN5O3S. The third kappa shape index (κ3) is 2.48. The fourth-order valence-electron chi connectivity index (χ4n) is 2.81. The fourth-order valence-corrected chi connectivity index (χ4v) is 4.05. The summed E-state index contributed by atoms with van der Waals surface area (Å²) >= 11 is 3.42. The van der Waals surface area contributed by atoms with Gasteiger partial charge in [0, 0.05) is 29.4 Å². The maximum absolute atomic E-state index is 12.3. The van der Waals surface area contributed by atoms with Crippen molar-refractivity contribution in [3.8, 4) is 11.3 Å². The minimum absolute atomic E-state index is 0.00284. The molecule has 25 heavy (non-hydrogen) atoms. The lowest BCUT2D eigenvalue weighted by Crippen LogP contribution is -2.11. The van der Waals surface area contributed by atoms with Gasteiger partial charge in [0.15, 0.2) is 16.8 Å². The number of fused-ring (bicyclic) bond motifs is 3. The molecule has 0 saturated heterocycles. The van der Waals surface area contributed by atoms with Crippen molar-refractivity contribution in [1.82, 2.24) is 24.1 Å². The first-order chi connectivity index (χ1) is 11.8. The molecule has 1 aromatic carbocycles. The Bertz CT molecular complexity index is 1320. The van der Waals surface area contributed by atoms with Crippen molar-refractivity contribution in [3.05, 3.63) is 45.2 Å². The second-order valence-electron chi connectivity index (χ2n) is 5.69. The van der Waals surface area contributed by atoms with Crippen LogP contribution >= 0.6 is 15.9 Å². The van der Waals surface area contributed by atoms with Crippen LogP contribution in [0, 0.1) is 0 Å². The van der Waals surface area contributed by atoms with Crippen LogP contribution in [0.3, 0.4) is 0 Å². The van der Waals surface area contributed by atoms with Crippen molar-refractivity contribution in [2.24, 2.45) is 7.05 Å². The highest BCUT2D eigenvalue weighted by Gasteiger charge is 2.22. The number of aromatic nitrogens is 5. The number of H-pyrrole nitrogens is 1. The molecule has 1 N–H and O–H groups in total. The Balaban J connectivity index is 2.10. The van der Waals surface area contributed by atoms with Gasteiger partial charge in [-0.05, 0) is 12.1 Å². The van der Waals surface area contributed by atoms with Crippen LogP contribution in [0.2, 0.25) is 0 Å². The van der Waals surface area contributed by atoms with Crippen LogP contribution in [0.25, 0.3) is 28.1 Å². The molecule has 0 aliphatic carbocycles. The Morgan fingerprint density at radius 3 is 2.64 bits per heavy atom. The van der Waals surface area contributed by atoms with Gasteiger partial charge >= 0.3 is 5.56 Å². The van der Waals surface area contributed by atoms with Crippen molar-refractivity contribution in [2.45, 2.75) is 5.16 Å². The number of imidazole rings is 1. The van der Waals surface area contributed by atoms with Crippen LogP contribution in [0.4, 0.5) is 0 Å². The molecule has 10 heteroatoms. The summed E-state index contributed by atoms with van der Waals surface area (Å²) in [6.45, 7) is 0. The Morgan fingerprint density at radius 2 is 1.96 bits per heavy atom. The minimum Gasteiger partial charge on any atom is -0.302 e. The largest absolute Gasteiger partial charge is 0.302 e. The third-order valence-corrected chi connectivity index (χ3v) is 5.38. The molecule has 0 radical (unpaired) electrons. The number of halogens is 1. The average Bonchev–Trinajstić information content (AvgIpc) is 3.08. The summed E-state index contributed by atoms with van der Waals surface area (Å²) in [6.07, 6.45) is 1.05. The van der Waals surface area contributed by atoms with E-state index in [0.717, 1.165) is 22.0 Å². The first-order valence-corrected chi connectivity index (χ1v) is 9.88. The molecule has 0 aliphatic rings. The first-order valence-electron chi connectivity index (χ1n) is 7.20. The maximum atomic E-state index is 12.3. The molecule has 4 rings (SSSR count). The zero-order chi connectivity index (χ0) is 17.9. The molecule has 128 valence electrons. The average molecular weight is 422 g/mol. The standard InChI is InChI=1S/C15H12BrN5O3S/c1-20-14-12(18-15(20)25(2,23)24)13(22)17-11-7-10(19-21(11)14)8-4-3-5-9(16)6-8/h3-7,19H,1-2H3. The molecule has 4 aromatic rings. The number of aromatic amines is 1. The molecule has 0 bridgehead atoms. The van der Waals surface area contributed by atoms with E-state index < -0.39 is 15.4 Å². The van der Waals surface area contributed by atoms with E-state index in [2.05, 4.69) is 31.0 Å². The molecule has 0 saturated carbocycles. The normalized spacial score (nSPS) is 12.3. The van der Waals surface area contributed by atoms with Crippen LogP contribution in [0.15, 0.2) is 44.8 Å². The van der Waals surface area contributed by atoms with E-state index in [9.17, 15) is 13.2 Å². The van der Waals surface area contributed by atoms with Gasteiger partial charge in [0.05, 0.1) is 5.69 Å². The number of sulfone groups is 1.